The van der Waals surface area contributed by atoms with Crippen LogP contribution < -0.4 is 39.2 Å². The molecule has 160 valence electrons. The van der Waals surface area contributed by atoms with Crippen LogP contribution in [-0.4, -0.2) is 43.5 Å². The van der Waals surface area contributed by atoms with E-state index in [1.165, 1.54) is 22.0 Å². The number of carbonyl (C=O) groups excluding carboxylic acids is 1. The van der Waals surface area contributed by atoms with Crippen LogP contribution in [-0.2, 0) is 47.7 Å². The Morgan fingerprint density at radius 1 is 1.29 bits per heavy atom. The summed E-state index contributed by atoms with van der Waals surface area (Å²) in [4.78, 5) is 12.6. The molecular formula is C20H24N5NaO4S. The number of rotatable bonds is 6. The third kappa shape index (κ3) is 4.36. The monoisotopic (exact) mass is 453 g/mol. The van der Waals surface area contributed by atoms with E-state index >= 15 is 0 Å². The van der Waals surface area contributed by atoms with E-state index in [1.807, 2.05) is 0 Å². The van der Waals surface area contributed by atoms with Gasteiger partial charge in [0.15, 0.2) is 6.03 Å². The van der Waals surface area contributed by atoms with Crippen LogP contribution in [0.25, 0.3) is 4.72 Å². The van der Waals surface area contributed by atoms with Gasteiger partial charge in [-0.15, -0.1) is 0 Å². The van der Waals surface area contributed by atoms with Gasteiger partial charge in [-0.2, -0.15) is 5.10 Å². The molecule has 1 aromatic heterocycles. The number of amides is 2. The van der Waals surface area contributed by atoms with E-state index in [0.717, 1.165) is 59.6 Å². The molecule has 2 heterocycles. The van der Waals surface area contributed by atoms with Crippen LogP contribution in [0.1, 0.15) is 35.1 Å². The topological polar surface area (TPSA) is 108 Å². The van der Waals surface area contributed by atoms with E-state index in [0.29, 0.717) is 12.3 Å². The predicted molar refractivity (Wildman–Crippen MR) is 112 cm³/mol. The molecule has 1 aromatic carbocycles. The zero-order valence-corrected chi connectivity index (χ0v) is 20.6. The minimum absolute atomic E-state index is 0. The number of carbonyl (C=O) groups is 1. The fraction of sp³-hybridized carbons (Fsp3) is 0.500. The Hall–Kier alpha value is -1.59. The van der Waals surface area contributed by atoms with Crippen LogP contribution >= 0.6 is 0 Å². The minimum Gasteiger partial charge on any atom is -0.423 e. The molecule has 11 heteroatoms. The quantitative estimate of drug-likeness (QED) is 0.591. The Morgan fingerprint density at radius 2 is 2.00 bits per heavy atom. The standard InChI is InChI=1S/C20H25N5O4S.Na/c1-24-11-15(10-21-24)25(12-16-3-2-8-29-16)30(27,28)23-20(26)22-19-17-6-4-13(17)9-14-5-7-18(14)19;/h9-11,16H,2-8,12H2,1H3,(H2,22,23,26);/q;+1/p-1/t16-;/m0./s1. The smallest absolute Gasteiger partial charge is 0.423 e. The van der Waals surface area contributed by atoms with E-state index in [4.69, 9.17) is 4.74 Å². The van der Waals surface area contributed by atoms with Gasteiger partial charge in [0.1, 0.15) is 0 Å². The molecule has 5 rings (SSSR count). The summed E-state index contributed by atoms with van der Waals surface area (Å²) in [6, 6.07) is 1.33. The molecule has 0 bridgehead atoms. The maximum atomic E-state index is 13.1. The molecule has 2 aliphatic carbocycles. The summed E-state index contributed by atoms with van der Waals surface area (Å²) in [5, 5.41) is 6.82. The number of urea groups is 1. The Labute approximate surface area is 204 Å². The van der Waals surface area contributed by atoms with E-state index in [-0.39, 0.29) is 42.2 Å². The van der Waals surface area contributed by atoms with Crippen molar-refractivity contribution in [2.75, 3.05) is 22.8 Å². The van der Waals surface area contributed by atoms with Gasteiger partial charge in [0.05, 0.1) is 24.5 Å². The molecule has 9 nitrogen and oxygen atoms in total. The van der Waals surface area contributed by atoms with Gasteiger partial charge in [-0.3, -0.25) is 13.8 Å². The molecule has 1 aliphatic heterocycles. The van der Waals surface area contributed by atoms with Gasteiger partial charge < -0.3 is 14.8 Å². The second-order valence-corrected chi connectivity index (χ2v) is 9.58. The predicted octanol–water partition coefficient (Wildman–Crippen LogP) is -0.543. The first-order valence-electron chi connectivity index (χ1n) is 10.2. The SMILES string of the molecule is Cn1cc(N(C[C@@H]2CCCO2)S(=O)(=O)[N-]C(=O)Nc2c3c(cc4c2CC4)CC3)cn1.[Na+]. The number of fused-ring (bicyclic) bond motifs is 2. The Balaban J connectivity index is 0.00000231. The summed E-state index contributed by atoms with van der Waals surface area (Å²) >= 11 is 0. The van der Waals surface area contributed by atoms with Crippen molar-refractivity contribution in [2.45, 2.75) is 44.6 Å². The van der Waals surface area contributed by atoms with Gasteiger partial charge in [-0.1, -0.05) is 6.07 Å². The maximum absolute atomic E-state index is 13.1. The third-order valence-electron chi connectivity index (χ3n) is 6.10. The fourth-order valence-corrected chi connectivity index (χ4v) is 5.42. The van der Waals surface area contributed by atoms with Gasteiger partial charge in [0.25, 0.3) is 10.2 Å². The van der Waals surface area contributed by atoms with Crippen molar-refractivity contribution in [2.24, 2.45) is 7.05 Å². The Morgan fingerprint density at radius 3 is 2.52 bits per heavy atom. The molecule has 0 radical (unpaired) electrons. The average molecular weight is 454 g/mol. The summed E-state index contributed by atoms with van der Waals surface area (Å²) in [6.45, 7) is 0.703. The molecule has 3 aliphatic rings. The summed E-state index contributed by atoms with van der Waals surface area (Å²) in [5.74, 6) is 0. The molecule has 31 heavy (non-hydrogen) atoms. The third-order valence-corrected chi connectivity index (χ3v) is 7.41. The number of aryl methyl sites for hydroxylation is 3. The van der Waals surface area contributed by atoms with E-state index in [1.54, 1.807) is 13.2 Å². The van der Waals surface area contributed by atoms with Crippen LogP contribution in [0.15, 0.2) is 18.5 Å². The number of nitrogens with one attached hydrogen (secondary N) is 1. The molecule has 1 N–H and O–H groups in total. The zero-order valence-electron chi connectivity index (χ0n) is 17.8. The van der Waals surface area contributed by atoms with Crippen molar-refractivity contribution in [1.82, 2.24) is 9.78 Å². The number of hydrogen-bond acceptors (Lipinski definition) is 5. The zero-order chi connectivity index (χ0) is 20.9. The summed E-state index contributed by atoms with van der Waals surface area (Å²) in [7, 11) is -2.56. The first-order valence-corrected chi connectivity index (χ1v) is 11.6. The first-order chi connectivity index (χ1) is 14.4. The van der Waals surface area contributed by atoms with E-state index in [2.05, 4.69) is 21.2 Å². The molecule has 1 fully saturated rings. The van der Waals surface area contributed by atoms with Crippen LogP contribution in [0.4, 0.5) is 16.2 Å². The van der Waals surface area contributed by atoms with Crippen molar-refractivity contribution in [3.8, 4) is 0 Å². The summed E-state index contributed by atoms with van der Waals surface area (Å²) < 4.78 is 37.9. The van der Waals surface area contributed by atoms with Gasteiger partial charge in [0.2, 0.25) is 0 Å². The van der Waals surface area contributed by atoms with Crippen LogP contribution in [0.5, 0.6) is 0 Å². The number of hydrogen-bond donors (Lipinski definition) is 1. The van der Waals surface area contributed by atoms with Crippen molar-refractivity contribution >= 4 is 27.6 Å². The number of aromatic nitrogens is 2. The molecule has 0 saturated carbocycles. The van der Waals surface area contributed by atoms with Gasteiger partial charge in [0, 0.05) is 19.9 Å². The molecule has 1 saturated heterocycles. The molecule has 2 aromatic rings. The second-order valence-electron chi connectivity index (χ2n) is 8.06. The summed E-state index contributed by atoms with van der Waals surface area (Å²) in [5.41, 5.74) is 5.81. The molecular weight excluding hydrogens is 429 g/mol. The average Bonchev–Trinajstić information content (AvgIpc) is 3.27. The number of anilines is 2. The fourth-order valence-electron chi connectivity index (χ4n) is 4.35. The normalized spacial score (nSPS) is 18.7. The number of nitrogens with zero attached hydrogens (tertiary/aromatic N) is 4. The molecule has 1 atom stereocenters. The minimum atomic E-state index is -4.27. The number of benzene rings is 1. The van der Waals surface area contributed by atoms with E-state index in [9.17, 15) is 13.2 Å². The molecule has 0 unspecified atom stereocenters. The van der Waals surface area contributed by atoms with Crippen LogP contribution in [0.2, 0.25) is 0 Å². The number of ether oxygens (including phenoxy) is 1. The largest absolute Gasteiger partial charge is 1.00 e. The van der Waals surface area contributed by atoms with Crippen molar-refractivity contribution in [3.63, 3.8) is 0 Å². The molecule has 0 spiro atoms. The first kappa shape index (κ1) is 22.6. The van der Waals surface area contributed by atoms with Crippen LogP contribution in [0.3, 0.4) is 0 Å². The van der Waals surface area contributed by atoms with Gasteiger partial charge in [-0.05, 0) is 66.5 Å². The van der Waals surface area contributed by atoms with E-state index < -0.39 is 16.2 Å². The van der Waals surface area contributed by atoms with Crippen molar-refractivity contribution < 1.29 is 47.5 Å². The van der Waals surface area contributed by atoms with Crippen molar-refractivity contribution in [1.29, 1.82) is 0 Å². The van der Waals surface area contributed by atoms with Gasteiger partial charge in [-0.25, -0.2) is 8.42 Å². The van der Waals surface area contributed by atoms with Crippen molar-refractivity contribution in [3.05, 3.63) is 45.4 Å². The Kier molecular flexibility index (Phi) is 6.37. The summed E-state index contributed by atoms with van der Waals surface area (Å²) in [6.07, 6.45) is 8.23. The van der Waals surface area contributed by atoms with Gasteiger partial charge >= 0.3 is 29.6 Å². The maximum Gasteiger partial charge on any atom is 1.00 e. The second kappa shape index (κ2) is 8.74. The Bertz CT molecular complexity index is 1080. The van der Waals surface area contributed by atoms with Crippen LogP contribution in [0, 0.1) is 0 Å². The molecule has 2 amide bonds.